The maximum Gasteiger partial charge on any atom is 0.251 e. The molecule has 0 aromatic heterocycles. The molecule has 0 aliphatic carbocycles. The van der Waals surface area contributed by atoms with E-state index in [9.17, 15) is 4.79 Å². The van der Waals surface area contributed by atoms with E-state index in [-0.39, 0.29) is 36.0 Å². The van der Waals surface area contributed by atoms with Gasteiger partial charge in [0.1, 0.15) is 0 Å². The molecule has 0 saturated carbocycles. The lowest BCUT2D eigenvalue weighted by Crippen LogP contribution is -2.36. The number of carbonyl (C=O) groups is 1. The van der Waals surface area contributed by atoms with Gasteiger partial charge in [0.15, 0.2) is 5.96 Å². The summed E-state index contributed by atoms with van der Waals surface area (Å²) in [5.41, 5.74) is 2.64. The average Bonchev–Trinajstić information content (AvgIpc) is 3.27. The van der Waals surface area contributed by atoms with Crippen molar-refractivity contribution in [3.05, 3.63) is 70.2 Å². The summed E-state index contributed by atoms with van der Waals surface area (Å²) < 4.78 is 5.55. The lowest BCUT2D eigenvalue weighted by molar-refractivity contribution is 0.0857. The van der Waals surface area contributed by atoms with Crippen molar-refractivity contribution in [1.29, 1.82) is 0 Å². The number of amides is 1. The fourth-order valence-electron chi connectivity index (χ4n) is 3.16. The molecule has 0 spiro atoms. The van der Waals surface area contributed by atoms with Crippen molar-refractivity contribution in [2.24, 2.45) is 4.99 Å². The summed E-state index contributed by atoms with van der Waals surface area (Å²) in [5.74, 6) is 0.585. The molecule has 1 atom stereocenters. The predicted molar refractivity (Wildman–Crippen MR) is 132 cm³/mol. The van der Waals surface area contributed by atoms with Crippen LogP contribution in [0.4, 0.5) is 0 Å². The van der Waals surface area contributed by atoms with E-state index in [4.69, 9.17) is 16.3 Å². The number of rotatable bonds is 7. The van der Waals surface area contributed by atoms with Crippen LogP contribution in [0.25, 0.3) is 0 Å². The highest BCUT2D eigenvalue weighted by Gasteiger charge is 2.16. The zero-order valence-corrected chi connectivity index (χ0v) is 20.1. The molecule has 8 heteroatoms. The number of aliphatic imine (C=N–C) groups is 1. The summed E-state index contributed by atoms with van der Waals surface area (Å²) >= 11 is 6.19. The van der Waals surface area contributed by atoms with Gasteiger partial charge in [0, 0.05) is 43.9 Å². The maximum atomic E-state index is 12.4. The number of halogens is 2. The van der Waals surface area contributed by atoms with E-state index in [1.807, 2.05) is 48.5 Å². The minimum atomic E-state index is -0.0800. The van der Waals surface area contributed by atoms with Gasteiger partial charge in [-0.25, -0.2) is 0 Å². The molecule has 1 heterocycles. The highest BCUT2D eigenvalue weighted by atomic mass is 127. The molecule has 2 aromatic rings. The Hall–Kier alpha value is -1.84. The van der Waals surface area contributed by atoms with Crippen molar-refractivity contribution in [2.45, 2.75) is 32.0 Å². The Bertz CT molecular complexity index is 857. The second kappa shape index (κ2) is 12.8. The summed E-state index contributed by atoms with van der Waals surface area (Å²) in [6.45, 7) is 2.47. The fraction of sp³-hybridized carbons (Fsp3) is 0.364. The highest BCUT2D eigenvalue weighted by Crippen LogP contribution is 2.14. The molecule has 1 unspecified atom stereocenters. The Balaban J connectivity index is 0.00000320. The van der Waals surface area contributed by atoms with Crippen molar-refractivity contribution in [3.8, 4) is 0 Å². The largest absolute Gasteiger partial charge is 0.376 e. The summed E-state index contributed by atoms with van der Waals surface area (Å²) in [7, 11) is 1.72. The second-order valence-electron chi connectivity index (χ2n) is 6.92. The minimum Gasteiger partial charge on any atom is -0.376 e. The van der Waals surface area contributed by atoms with Gasteiger partial charge in [-0.1, -0.05) is 41.9 Å². The number of benzene rings is 2. The summed E-state index contributed by atoms with van der Waals surface area (Å²) in [6.07, 6.45) is 2.20. The van der Waals surface area contributed by atoms with Crippen LogP contribution in [0.5, 0.6) is 0 Å². The molecule has 0 radical (unpaired) electrons. The molecule has 2 aromatic carbocycles. The van der Waals surface area contributed by atoms with E-state index in [1.165, 1.54) is 0 Å². The molecule has 6 nitrogen and oxygen atoms in total. The maximum absolute atomic E-state index is 12.4. The standard InChI is InChI=1S/C22H27ClN4O2.HI/c1-24-22(27-14-18-7-2-3-10-20(18)23)26-13-16-6-4-8-17(12-16)21(28)25-15-19-9-5-11-29-19;/h2-4,6-8,10,12,19H,5,9,11,13-15H2,1H3,(H,25,28)(H2,24,26,27);1H. The Morgan fingerprint density at radius 1 is 1.13 bits per heavy atom. The molecule has 1 fully saturated rings. The normalized spacial score (nSPS) is 15.9. The zero-order chi connectivity index (χ0) is 20.5. The van der Waals surface area contributed by atoms with Crippen LogP contribution in [-0.2, 0) is 17.8 Å². The molecule has 30 heavy (non-hydrogen) atoms. The minimum absolute atomic E-state index is 0. The third-order valence-electron chi connectivity index (χ3n) is 4.79. The molecule has 0 bridgehead atoms. The lowest BCUT2D eigenvalue weighted by Gasteiger charge is -2.14. The van der Waals surface area contributed by atoms with Crippen molar-refractivity contribution >= 4 is 47.4 Å². The van der Waals surface area contributed by atoms with Gasteiger partial charge in [0.25, 0.3) is 5.91 Å². The van der Waals surface area contributed by atoms with E-state index in [0.717, 1.165) is 35.6 Å². The first-order chi connectivity index (χ1) is 14.2. The van der Waals surface area contributed by atoms with Gasteiger partial charge in [-0.05, 0) is 42.2 Å². The van der Waals surface area contributed by atoms with E-state index in [1.54, 1.807) is 7.05 Å². The van der Waals surface area contributed by atoms with Crippen LogP contribution < -0.4 is 16.0 Å². The molecular formula is C22H28ClIN4O2. The van der Waals surface area contributed by atoms with Crippen LogP contribution in [0, 0.1) is 0 Å². The number of hydrogen-bond donors (Lipinski definition) is 3. The van der Waals surface area contributed by atoms with Crippen LogP contribution >= 0.6 is 35.6 Å². The molecule has 162 valence electrons. The Morgan fingerprint density at radius 2 is 1.93 bits per heavy atom. The molecule has 1 aliphatic heterocycles. The smallest absolute Gasteiger partial charge is 0.251 e. The van der Waals surface area contributed by atoms with Gasteiger partial charge in [-0.15, -0.1) is 24.0 Å². The first kappa shape index (κ1) is 24.4. The molecule has 3 rings (SSSR count). The number of nitrogens with one attached hydrogen (secondary N) is 3. The van der Waals surface area contributed by atoms with Crippen LogP contribution in [0.1, 0.15) is 34.3 Å². The van der Waals surface area contributed by atoms with Gasteiger partial charge >= 0.3 is 0 Å². The number of nitrogens with zero attached hydrogens (tertiary/aromatic N) is 1. The predicted octanol–water partition coefficient (Wildman–Crippen LogP) is 3.73. The van der Waals surface area contributed by atoms with E-state index < -0.39 is 0 Å². The first-order valence-electron chi connectivity index (χ1n) is 9.82. The number of guanidine groups is 1. The van der Waals surface area contributed by atoms with Crippen molar-refractivity contribution < 1.29 is 9.53 Å². The van der Waals surface area contributed by atoms with Crippen LogP contribution in [0.15, 0.2) is 53.5 Å². The molecule has 1 amide bonds. The van der Waals surface area contributed by atoms with E-state index in [2.05, 4.69) is 20.9 Å². The third-order valence-corrected chi connectivity index (χ3v) is 5.16. The fourth-order valence-corrected chi connectivity index (χ4v) is 3.37. The van der Waals surface area contributed by atoms with Gasteiger partial charge in [0.2, 0.25) is 0 Å². The first-order valence-corrected chi connectivity index (χ1v) is 10.2. The monoisotopic (exact) mass is 542 g/mol. The van der Waals surface area contributed by atoms with Crippen LogP contribution in [0.2, 0.25) is 5.02 Å². The Morgan fingerprint density at radius 3 is 2.67 bits per heavy atom. The quantitative estimate of drug-likeness (QED) is 0.283. The number of hydrogen-bond acceptors (Lipinski definition) is 3. The summed E-state index contributed by atoms with van der Waals surface area (Å²) in [5, 5.41) is 10.2. The van der Waals surface area contributed by atoms with Gasteiger partial charge in [-0.3, -0.25) is 9.79 Å². The molecule has 1 saturated heterocycles. The molecule has 1 aliphatic rings. The Labute approximate surface area is 199 Å². The van der Waals surface area contributed by atoms with Gasteiger partial charge < -0.3 is 20.7 Å². The highest BCUT2D eigenvalue weighted by molar-refractivity contribution is 14.0. The van der Waals surface area contributed by atoms with Crippen molar-refractivity contribution in [2.75, 3.05) is 20.2 Å². The van der Waals surface area contributed by atoms with Gasteiger partial charge in [0.05, 0.1) is 6.10 Å². The zero-order valence-electron chi connectivity index (χ0n) is 17.0. The third kappa shape index (κ3) is 7.45. The van der Waals surface area contributed by atoms with Crippen molar-refractivity contribution in [1.82, 2.24) is 16.0 Å². The van der Waals surface area contributed by atoms with Gasteiger partial charge in [-0.2, -0.15) is 0 Å². The lowest BCUT2D eigenvalue weighted by atomic mass is 10.1. The molecular weight excluding hydrogens is 515 g/mol. The van der Waals surface area contributed by atoms with Crippen LogP contribution in [-0.4, -0.2) is 38.2 Å². The van der Waals surface area contributed by atoms with Crippen molar-refractivity contribution in [3.63, 3.8) is 0 Å². The Kier molecular flexibility index (Phi) is 10.4. The number of carbonyl (C=O) groups excluding carboxylic acids is 1. The van der Waals surface area contributed by atoms with Crippen LogP contribution in [0.3, 0.4) is 0 Å². The summed E-state index contributed by atoms with van der Waals surface area (Å²) in [4.78, 5) is 16.6. The van der Waals surface area contributed by atoms with E-state index in [0.29, 0.717) is 31.2 Å². The molecule has 3 N–H and O–H groups in total. The number of ether oxygens (including phenoxy) is 1. The topological polar surface area (TPSA) is 74.8 Å². The SMILES string of the molecule is CN=C(NCc1cccc(C(=O)NCC2CCCO2)c1)NCc1ccccc1Cl.I. The average molecular weight is 543 g/mol. The second-order valence-corrected chi connectivity index (χ2v) is 7.32. The van der Waals surface area contributed by atoms with E-state index >= 15 is 0 Å². The summed E-state index contributed by atoms with van der Waals surface area (Å²) in [6, 6.07) is 15.3.